The van der Waals surface area contributed by atoms with E-state index in [1.807, 2.05) is 18.2 Å². The van der Waals surface area contributed by atoms with Crippen LogP contribution in [0.1, 0.15) is 28.0 Å². The molecule has 2 aromatic heterocycles. The number of carbonyl (C=O) groups excluding carboxylic acids is 1. The van der Waals surface area contributed by atoms with E-state index in [1.165, 1.54) is 5.56 Å². The Morgan fingerprint density at radius 1 is 1.03 bits per heavy atom. The summed E-state index contributed by atoms with van der Waals surface area (Å²) >= 11 is 3.35. The van der Waals surface area contributed by atoms with Gasteiger partial charge in [0.15, 0.2) is 0 Å². The first kappa shape index (κ1) is 20.5. The monoisotopic (exact) mass is 465 g/mol. The average Bonchev–Trinajstić information content (AvgIpc) is 3.01. The van der Waals surface area contributed by atoms with E-state index in [1.54, 1.807) is 18.3 Å². The van der Waals surface area contributed by atoms with Crippen molar-refractivity contribution in [1.29, 1.82) is 0 Å². The van der Waals surface area contributed by atoms with E-state index in [-0.39, 0.29) is 11.6 Å². The van der Waals surface area contributed by atoms with Crippen LogP contribution in [0, 0.1) is 0 Å². The van der Waals surface area contributed by atoms with Gasteiger partial charge in [-0.25, -0.2) is 9.97 Å². The lowest BCUT2D eigenvalue weighted by Crippen LogP contribution is -2.31. The molecule has 0 radical (unpaired) electrons. The van der Waals surface area contributed by atoms with Gasteiger partial charge in [0.1, 0.15) is 17.3 Å². The van der Waals surface area contributed by atoms with Crippen molar-refractivity contribution in [3.63, 3.8) is 0 Å². The zero-order valence-corrected chi connectivity index (χ0v) is 18.3. The van der Waals surface area contributed by atoms with Crippen LogP contribution in [0.5, 0.6) is 0 Å². The first-order valence-corrected chi connectivity index (χ1v) is 10.8. The Morgan fingerprint density at radius 3 is 2.70 bits per heavy atom. The third-order valence-corrected chi connectivity index (χ3v) is 5.69. The Bertz CT molecular complexity index is 1030. The van der Waals surface area contributed by atoms with Crippen molar-refractivity contribution >= 4 is 33.3 Å². The van der Waals surface area contributed by atoms with E-state index < -0.39 is 0 Å². The maximum absolute atomic E-state index is 12.9. The Balaban J connectivity index is 1.47. The lowest BCUT2D eigenvalue weighted by Gasteiger charge is -2.23. The zero-order chi connectivity index (χ0) is 20.9. The molecule has 0 saturated carbocycles. The number of rotatable bonds is 5. The fourth-order valence-corrected chi connectivity index (χ4v) is 4.03. The quantitative estimate of drug-likeness (QED) is 0.578. The van der Waals surface area contributed by atoms with Crippen LogP contribution in [0.25, 0.3) is 0 Å². The van der Waals surface area contributed by atoms with E-state index >= 15 is 0 Å². The number of hydrogen-bond donors (Lipinski definition) is 1. The van der Waals surface area contributed by atoms with E-state index in [0.717, 1.165) is 45.0 Å². The molecule has 0 unspecified atom stereocenters. The molecule has 0 amide bonds. The van der Waals surface area contributed by atoms with Crippen LogP contribution < -0.4 is 10.6 Å². The smallest absolute Gasteiger partial charge is 0.215 e. The lowest BCUT2D eigenvalue weighted by atomic mass is 10.1. The summed E-state index contributed by atoms with van der Waals surface area (Å²) in [4.78, 5) is 26.4. The normalized spacial score (nSPS) is 15.0. The largest absolute Gasteiger partial charge is 0.383 e. The number of hydrogen-bond acceptors (Lipinski definition) is 6. The molecule has 1 aliphatic heterocycles. The van der Waals surface area contributed by atoms with Gasteiger partial charge in [0, 0.05) is 43.4 Å². The number of nitrogens with two attached hydrogens (primary N) is 1. The van der Waals surface area contributed by atoms with Crippen molar-refractivity contribution in [2.75, 3.05) is 36.8 Å². The van der Waals surface area contributed by atoms with Crippen molar-refractivity contribution in [3.05, 3.63) is 82.1 Å². The molecule has 3 heterocycles. The molecule has 0 aliphatic carbocycles. The number of carbonyl (C=O) groups is 1. The SMILES string of the molecule is Nc1ncc(Br)cc1C(=O)c1cccc(N2CCCN(Cc3ccccc3)CC2)n1. The summed E-state index contributed by atoms with van der Waals surface area (Å²) in [5, 5.41) is 0. The summed E-state index contributed by atoms with van der Waals surface area (Å²) in [6, 6.07) is 17.8. The van der Waals surface area contributed by atoms with Crippen LogP contribution in [0.2, 0.25) is 0 Å². The van der Waals surface area contributed by atoms with Gasteiger partial charge < -0.3 is 10.6 Å². The second kappa shape index (κ2) is 9.36. The molecule has 154 valence electrons. The standard InChI is InChI=1S/C23H24BrN5O/c24-18-14-19(23(25)26-15-18)22(30)20-8-4-9-21(27-20)29-11-5-10-28(12-13-29)16-17-6-2-1-3-7-17/h1-4,6-9,14-15H,5,10-13,16H2,(H2,25,26). The van der Waals surface area contributed by atoms with Gasteiger partial charge in [0.25, 0.3) is 0 Å². The number of aromatic nitrogens is 2. The van der Waals surface area contributed by atoms with E-state index in [4.69, 9.17) is 5.73 Å². The Hall–Kier alpha value is -2.77. The molecule has 3 aromatic rings. The molecule has 7 heteroatoms. The minimum absolute atomic E-state index is 0.210. The first-order chi connectivity index (χ1) is 14.6. The second-order valence-electron chi connectivity index (χ2n) is 7.40. The van der Waals surface area contributed by atoms with Crippen LogP contribution >= 0.6 is 15.9 Å². The summed E-state index contributed by atoms with van der Waals surface area (Å²) in [7, 11) is 0. The van der Waals surface area contributed by atoms with Gasteiger partial charge in [-0.15, -0.1) is 0 Å². The van der Waals surface area contributed by atoms with Crippen LogP contribution in [0.3, 0.4) is 0 Å². The highest BCUT2D eigenvalue weighted by atomic mass is 79.9. The highest BCUT2D eigenvalue weighted by Crippen LogP contribution is 2.21. The molecule has 0 spiro atoms. The lowest BCUT2D eigenvalue weighted by molar-refractivity contribution is 0.103. The number of pyridine rings is 2. The molecule has 2 N–H and O–H groups in total. The Morgan fingerprint density at radius 2 is 1.87 bits per heavy atom. The molecule has 6 nitrogen and oxygen atoms in total. The third-order valence-electron chi connectivity index (χ3n) is 5.26. The summed E-state index contributed by atoms with van der Waals surface area (Å²) in [5.41, 5.74) is 7.98. The van der Waals surface area contributed by atoms with Crippen LogP contribution in [0.4, 0.5) is 11.6 Å². The topological polar surface area (TPSA) is 75.3 Å². The summed E-state index contributed by atoms with van der Waals surface area (Å²) in [6.45, 7) is 4.74. The molecule has 1 aromatic carbocycles. The molecule has 1 saturated heterocycles. The Kier molecular flexibility index (Phi) is 6.40. The highest BCUT2D eigenvalue weighted by molar-refractivity contribution is 9.10. The highest BCUT2D eigenvalue weighted by Gasteiger charge is 2.19. The van der Waals surface area contributed by atoms with Crippen molar-refractivity contribution < 1.29 is 4.79 Å². The van der Waals surface area contributed by atoms with Gasteiger partial charge in [-0.05, 0) is 46.1 Å². The van der Waals surface area contributed by atoms with Crippen LogP contribution in [-0.2, 0) is 6.54 Å². The molecular weight excluding hydrogens is 442 g/mol. The number of ketones is 1. The first-order valence-electron chi connectivity index (χ1n) is 10.0. The predicted molar refractivity (Wildman–Crippen MR) is 123 cm³/mol. The number of benzene rings is 1. The van der Waals surface area contributed by atoms with Gasteiger partial charge >= 0.3 is 0 Å². The van der Waals surface area contributed by atoms with Crippen molar-refractivity contribution in [1.82, 2.24) is 14.9 Å². The third kappa shape index (κ3) is 4.86. The van der Waals surface area contributed by atoms with Crippen LogP contribution in [0.15, 0.2) is 65.3 Å². The average molecular weight is 466 g/mol. The van der Waals surface area contributed by atoms with E-state index in [2.05, 4.69) is 60.0 Å². The molecule has 1 fully saturated rings. The second-order valence-corrected chi connectivity index (χ2v) is 8.31. The van der Waals surface area contributed by atoms with Gasteiger partial charge in [-0.1, -0.05) is 36.4 Å². The Labute approximate surface area is 184 Å². The maximum Gasteiger partial charge on any atom is 0.215 e. The zero-order valence-electron chi connectivity index (χ0n) is 16.7. The minimum Gasteiger partial charge on any atom is -0.383 e. The summed E-state index contributed by atoms with van der Waals surface area (Å²) < 4.78 is 0.710. The number of nitrogen functional groups attached to an aromatic ring is 1. The summed E-state index contributed by atoms with van der Waals surface area (Å²) in [6.07, 6.45) is 2.63. The van der Waals surface area contributed by atoms with Crippen molar-refractivity contribution in [2.24, 2.45) is 0 Å². The van der Waals surface area contributed by atoms with Crippen molar-refractivity contribution in [2.45, 2.75) is 13.0 Å². The molecule has 0 atom stereocenters. The number of halogens is 1. The minimum atomic E-state index is -0.219. The van der Waals surface area contributed by atoms with E-state index in [0.29, 0.717) is 15.7 Å². The fraction of sp³-hybridized carbons (Fsp3) is 0.261. The summed E-state index contributed by atoms with van der Waals surface area (Å²) in [5.74, 6) is 0.814. The number of nitrogens with zero attached hydrogens (tertiary/aromatic N) is 4. The van der Waals surface area contributed by atoms with Crippen LogP contribution in [-0.4, -0.2) is 46.8 Å². The van der Waals surface area contributed by atoms with Gasteiger partial charge in [0.05, 0.1) is 5.56 Å². The maximum atomic E-state index is 12.9. The molecule has 1 aliphatic rings. The molecule has 30 heavy (non-hydrogen) atoms. The van der Waals surface area contributed by atoms with Gasteiger partial charge in [-0.3, -0.25) is 9.69 Å². The molecule has 0 bridgehead atoms. The molecule has 4 rings (SSSR count). The molecular formula is C23H24BrN5O. The van der Waals surface area contributed by atoms with Gasteiger partial charge in [-0.2, -0.15) is 0 Å². The fourth-order valence-electron chi connectivity index (χ4n) is 3.70. The van der Waals surface area contributed by atoms with Crippen molar-refractivity contribution in [3.8, 4) is 0 Å². The van der Waals surface area contributed by atoms with E-state index in [9.17, 15) is 4.79 Å². The predicted octanol–water partition coefficient (Wildman–Crippen LogP) is 3.76. The number of anilines is 2. The van der Waals surface area contributed by atoms with Gasteiger partial charge in [0.2, 0.25) is 5.78 Å².